The third kappa shape index (κ3) is 2.10. The van der Waals surface area contributed by atoms with Crippen molar-refractivity contribution in [1.82, 2.24) is 4.90 Å². The topological polar surface area (TPSA) is 40.5 Å². The maximum Gasteiger partial charge on any atom is 0.258 e. The van der Waals surface area contributed by atoms with Crippen LogP contribution in [0.5, 0.6) is 5.75 Å². The highest BCUT2D eigenvalue weighted by molar-refractivity contribution is 7.10. The van der Waals surface area contributed by atoms with E-state index in [1.54, 1.807) is 23.5 Å². The largest absolute Gasteiger partial charge is 0.507 e. The molecule has 1 aromatic carbocycles. The standard InChI is InChI=1S/C16H17NO2S/c1-10-3-4-13(14(18)9-10)16(19)17-7-5-15-12(11(17)2)6-8-20-15/h3-4,6,8-9,11,18H,5,7H2,1-2H3. The first-order valence-electron chi connectivity index (χ1n) is 6.75. The van der Waals surface area contributed by atoms with E-state index in [-0.39, 0.29) is 17.7 Å². The molecule has 0 bridgehead atoms. The first-order valence-corrected chi connectivity index (χ1v) is 7.62. The lowest BCUT2D eigenvalue weighted by Crippen LogP contribution is -2.38. The van der Waals surface area contributed by atoms with Crippen molar-refractivity contribution in [2.45, 2.75) is 26.3 Å². The fraction of sp³-hybridized carbons (Fsp3) is 0.312. The highest BCUT2D eigenvalue weighted by Crippen LogP contribution is 2.34. The van der Waals surface area contributed by atoms with Crippen molar-refractivity contribution >= 4 is 17.2 Å². The van der Waals surface area contributed by atoms with Gasteiger partial charge in [0.05, 0.1) is 11.6 Å². The van der Waals surface area contributed by atoms with E-state index < -0.39 is 0 Å². The van der Waals surface area contributed by atoms with E-state index >= 15 is 0 Å². The van der Waals surface area contributed by atoms with Gasteiger partial charge in [-0.15, -0.1) is 11.3 Å². The Morgan fingerprint density at radius 1 is 1.40 bits per heavy atom. The number of amides is 1. The van der Waals surface area contributed by atoms with Gasteiger partial charge in [-0.3, -0.25) is 4.79 Å². The summed E-state index contributed by atoms with van der Waals surface area (Å²) in [4.78, 5) is 15.9. The summed E-state index contributed by atoms with van der Waals surface area (Å²) in [5.41, 5.74) is 2.58. The Balaban J connectivity index is 1.92. The third-order valence-electron chi connectivity index (χ3n) is 3.92. The Morgan fingerprint density at radius 3 is 2.95 bits per heavy atom. The van der Waals surface area contributed by atoms with Gasteiger partial charge in [0.25, 0.3) is 5.91 Å². The van der Waals surface area contributed by atoms with Gasteiger partial charge in [0.15, 0.2) is 0 Å². The number of phenolic OH excluding ortho intramolecular Hbond substituents is 1. The third-order valence-corrected chi connectivity index (χ3v) is 4.92. The van der Waals surface area contributed by atoms with E-state index in [4.69, 9.17) is 0 Å². The fourth-order valence-corrected chi connectivity index (χ4v) is 3.73. The Kier molecular flexibility index (Phi) is 3.26. The molecule has 4 heteroatoms. The summed E-state index contributed by atoms with van der Waals surface area (Å²) < 4.78 is 0. The van der Waals surface area contributed by atoms with E-state index in [0.29, 0.717) is 12.1 Å². The van der Waals surface area contributed by atoms with Crippen LogP contribution in [0.25, 0.3) is 0 Å². The van der Waals surface area contributed by atoms with E-state index in [2.05, 4.69) is 11.4 Å². The quantitative estimate of drug-likeness (QED) is 0.871. The van der Waals surface area contributed by atoms with Crippen LogP contribution < -0.4 is 0 Å². The Labute approximate surface area is 122 Å². The summed E-state index contributed by atoms with van der Waals surface area (Å²) in [5, 5.41) is 12.1. The van der Waals surface area contributed by atoms with Crippen molar-refractivity contribution in [2.24, 2.45) is 0 Å². The molecule has 0 saturated heterocycles. The molecule has 1 aromatic heterocycles. The average Bonchev–Trinajstić information content (AvgIpc) is 2.87. The summed E-state index contributed by atoms with van der Waals surface area (Å²) in [7, 11) is 0. The zero-order chi connectivity index (χ0) is 14.3. The number of hydrogen-bond donors (Lipinski definition) is 1. The molecular weight excluding hydrogens is 270 g/mol. The van der Waals surface area contributed by atoms with Crippen LogP contribution >= 0.6 is 11.3 Å². The number of fused-ring (bicyclic) bond motifs is 1. The number of hydrogen-bond acceptors (Lipinski definition) is 3. The number of benzene rings is 1. The van der Waals surface area contributed by atoms with Crippen LogP contribution in [0.4, 0.5) is 0 Å². The van der Waals surface area contributed by atoms with Crippen LogP contribution in [0.1, 0.15) is 39.3 Å². The van der Waals surface area contributed by atoms with Crippen molar-refractivity contribution < 1.29 is 9.90 Å². The molecule has 1 amide bonds. The van der Waals surface area contributed by atoms with Gasteiger partial charge in [-0.2, -0.15) is 0 Å². The van der Waals surface area contributed by atoms with E-state index in [9.17, 15) is 9.90 Å². The molecule has 0 aliphatic carbocycles. The molecule has 0 saturated carbocycles. The van der Waals surface area contributed by atoms with E-state index in [1.807, 2.05) is 24.8 Å². The average molecular weight is 287 g/mol. The second kappa shape index (κ2) is 4.94. The minimum atomic E-state index is -0.0909. The smallest absolute Gasteiger partial charge is 0.258 e. The lowest BCUT2D eigenvalue weighted by Gasteiger charge is -2.33. The van der Waals surface area contributed by atoms with Crippen LogP contribution in [0.2, 0.25) is 0 Å². The number of carbonyl (C=O) groups excluding carboxylic acids is 1. The maximum atomic E-state index is 12.6. The number of nitrogens with zero attached hydrogens (tertiary/aromatic N) is 1. The van der Waals surface area contributed by atoms with Crippen molar-refractivity contribution in [3.63, 3.8) is 0 Å². The number of phenols is 1. The molecule has 1 unspecified atom stereocenters. The van der Waals surface area contributed by atoms with Gasteiger partial charge >= 0.3 is 0 Å². The maximum absolute atomic E-state index is 12.6. The molecule has 1 aliphatic heterocycles. The predicted octanol–water partition coefficient (Wildman–Crippen LogP) is 3.52. The number of aromatic hydroxyl groups is 1. The Morgan fingerprint density at radius 2 is 2.20 bits per heavy atom. The highest BCUT2D eigenvalue weighted by Gasteiger charge is 2.29. The summed E-state index contributed by atoms with van der Waals surface area (Å²) in [5.74, 6) is -0.0230. The summed E-state index contributed by atoms with van der Waals surface area (Å²) >= 11 is 1.76. The molecule has 3 nitrogen and oxygen atoms in total. The second-order valence-corrected chi connectivity index (χ2v) is 6.24. The molecule has 1 N–H and O–H groups in total. The number of carbonyl (C=O) groups is 1. The van der Waals surface area contributed by atoms with Crippen molar-refractivity contribution in [3.8, 4) is 5.75 Å². The second-order valence-electron chi connectivity index (χ2n) is 5.24. The Hall–Kier alpha value is -1.81. The van der Waals surface area contributed by atoms with E-state index in [1.165, 1.54) is 10.4 Å². The molecule has 0 radical (unpaired) electrons. The fourth-order valence-electron chi connectivity index (χ4n) is 2.76. The van der Waals surface area contributed by atoms with Crippen LogP contribution in [0, 0.1) is 6.92 Å². The first-order chi connectivity index (χ1) is 9.58. The molecule has 2 aromatic rings. The number of rotatable bonds is 1. The zero-order valence-electron chi connectivity index (χ0n) is 11.6. The molecular formula is C16H17NO2S. The van der Waals surface area contributed by atoms with Crippen LogP contribution in [-0.2, 0) is 6.42 Å². The molecule has 1 aliphatic rings. The normalized spacial score (nSPS) is 17.9. The Bertz CT molecular complexity index is 662. The lowest BCUT2D eigenvalue weighted by atomic mass is 10.00. The van der Waals surface area contributed by atoms with Crippen molar-refractivity contribution in [3.05, 3.63) is 51.2 Å². The molecule has 3 rings (SSSR count). The van der Waals surface area contributed by atoms with Gasteiger partial charge in [0.2, 0.25) is 0 Å². The van der Waals surface area contributed by atoms with Crippen LogP contribution in [0.15, 0.2) is 29.6 Å². The molecule has 2 heterocycles. The van der Waals surface area contributed by atoms with Crippen LogP contribution in [-0.4, -0.2) is 22.5 Å². The molecule has 20 heavy (non-hydrogen) atoms. The van der Waals surface area contributed by atoms with Crippen molar-refractivity contribution in [1.29, 1.82) is 0 Å². The predicted molar refractivity (Wildman–Crippen MR) is 80.3 cm³/mol. The van der Waals surface area contributed by atoms with Gasteiger partial charge in [-0.1, -0.05) is 6.07 Å². The minimum absolute atomic E-state index is 0.0678. The summed E-state index contributed by atoms with van der Waals surface area (Å²) in [6.45, 7) is 4.66. The van der Waals surface area contributed by atoms with E-state index in [0.717, 1.165) is 12.0 Å². The molecule has 0 spiro atoms. The molecule has 0 fully saturated rings. The first kappa shape index (κ1) is 13.2. The monoisotopic (exact) mass is 287 g/mol. The minimum Gasteiger partial charge on any atom is -0.507 e. The van der Waals surface area contributed by atoms with Gasteiger partial charge in [-0.25, -0.2) is 0 Å². The molecule has 1 atom stereocenters. The lowest BCUT2D eigenvalue weighted by molar-refractivity contribution is 0.0676. The van der Waals surface area contributed by atoms with Crippen LogP contribution in [0.3, 0.4) is 0 Å². The highest BCUT2D eigenvalue weighted by atomic mass is 32.1. The van der Waals surface area contributed by atoms with Gasteiger partial charge in [0.1, 0.15) is 5.75 Å². The zero-order valence-corrected chi connectivity index (χ0v) is 12.4. The van der Waals surface area contributed by atoms with Gasteiger partial charge in [0, 0.05) is 11.4 Å². The summed E-state index contributed by atoms with van der Waals surface area (Å²) in [6.07, 6.45) is 0.899. The number of aryl methyl sites for hydroxylation is 1. The van der Waals surface area contributed by atoms with Gasteiger partial charge in [-0.05, 0) is 55.0 Å². The SMILES string of the molecule is Cc1ccc(C(=O)N2CCc3sccc3C2C)c(O)c1. The summed E-state index contributed by atoms with van der Waals surface area (Å²) in [6, 6.07) is 7.37. The number of thiophene rings is 1. The molecule has 104 valence electrons. The van der Waals surface area contributed by atoms with Gasteiger partial charge < -0.3 is 10.0 Å². The van der Waals surface area contributed by atoms with Crippen molar-refractivity contribution in [2.75, 3.05) is 6.54 Å².